The highest BCUT2D eigenvalue weighted by molar-refractivity contribution is 5.67. The second kappa shape index (κ2) is 7.09. The van der Waals surface area contributed by atoms with Crippen LogP contribution >= 0.6 is 0 Å². The number of alkyl carbamates (subject to hydrolysis) is 1. The molecule has 1 aromatic heterocycles. The fourth-order valence-electron chi connectivity index (χ4n) is 1.60. The molecule has 1 rings (SSSR count). The average Bonchev–Trinajstić information content (AvgIpc) is 2.33. The third-order valence-electron chi connectivity index (χ3n) is 2.44. The highest BCUT2D eigenvalue weighted by atomic mass is 16.6. The first-order valence-corrected chi connectivity index (χ1v) is 6.37. The molecule has 5 heteroatoms. The van der Waals surface area contributed by atoms with Crippen LogP contribution in [0.15, 0.2) is 24.5 Å². The van der Waals surface area contributed by atoms with Crippen LogP contribution in [-0.2, 0) is 11.2 Å². The van der Waals surface area contributed by atoms with Gasteiger partial charge in [0.2, 0.25) is 0 Å². The molecule has 0 aliphatic rings. The largest absolute Gasteiger partial charge is 0.444 e. The lowest BCUT2D eigenvalue weighted by molar-refractivity contribution is 0.0512. The maximum absolute atomic E-state index is 11.5. The third kappa shape index (κ3) is 6.76. The fraction of sp³-hybridized carbons (Fsp3) is 0.571. The van der Waals surface area contributed by atoms with Gasteiger partial charge in [-0.3, -0.25) is 4.98 Å². The van der Waals surface area contributed by atoms with Gasteiger partial charge in [0.05, 0.1) is 0 Å². The molecule has 0 bridgehead atoms. The van der Waals surface area contributed by atoms with Crippen LogP contribution in [0.2, 0.25) is 0 Å². The number of aliphatic hydroxyl groups is 1. The van der Waals surface area contributed by atoms with Crippen LogP contribution in [-0.4, -0.2) is 34.9 Å². The first-order chi connectivity index (χ1) is 8.90. The number of rotatable bonds is 5. The molecule has 1 heterocycles. The van der Waals surface area contributed by atoms with E-state index in [0.717, 1.165) is 5.56 Å². The van der Waals surface area contributed by atoms with Crippen molar-refractivity contribution in [3.8, 4) is 0 Å². The molecule has 1 unspecified atom stereocenters. The zero-order valence-electron chi connectivity index (χ0n) is 11.7. The van der Waals surface area contributed by atoms with Crippen molar-refractivity contribution in [2.75, 3.05) is 13.2 Å². The van der Waals surface area contributed by atoms with Crippen molar-refractivity contribution in [3.05, 3.63) is 30.1 Å². The SMILES string of the molecule is CC(C)(C)OC(=O)NCC(CO)Cc1cccnc1. The summed E-state index contributed by atoms with van der Waals surface area (Å²) in [5.74, 6) is -0.0447. The Balaban J connectivity index is 2.39. The number of aliphatic hydroxyl groups excluding tert-OH is 1. The Kier molecular flexibility index (Phi) is 5.76. The summed E-state index contributed by atoms with van der Waals surface area (Å²) in [7, 11) is 0. The molecule has 1 amide bonds. The molecule has 0 aliphatic carbocycles. The van der Waals surface area contributed by atoms with E-state index in [9.17, 15) is 9.90 Å². The highest BCUT2D eigenvalue weighted by Crippen LogP contribution is 2.08. The molecule has 0 fully saturated rings. The van der Waals surface area contributed by atoms with Gasteiger partial charge in [0.15, 0.2) is 0 Å². The second-order valence-electron chi connectivity index (χ2n) is 5.50. The minimum Gasteiger partial charge on any atom is -0.444 e. The van der Waals surface area contributed by atoms with Crippen molar-refractivity contribution in [2.45, 2.75) is 32.8 Å². The van der Waals surface area contributed by atoms with Gasteiger partial charge in [0.1, 0.15) is 5.60 Å². The van der Waals surface area contributed by atoms with E-state index in [4.69, 9.17) is 4.74 Å². The van der Waals surface area contributed by atoms with E-state index >= 15 is 0 Å². The maximum Gasteiger partial charge on any atom is 0.407 e. The number of ether oxygens (including phenoxy) is 1. The van der Waals surface area contributed by atoms with Gasteiger partial charge in [-0.1, -0.05) is 6.07 Å². The molecule has 1 atom stereocenters. The van der Waals surface area contributed by atoms with Crippen molar-refractivity contribution in [2.24, 2.45) is 5.92 Å². The van der Waals surface area contributed by atoms with Crippen LogP contribution in [0.4, 0.5) is 4.79 Å². The topological polar surface area (TPSA) is 71.5 Å². The molecular formula is C14H22N2O3. The number of nitrogens with one attached hydrogen (secondary N) is 1. The van der Waals surface area contributed by atoms with Crippen LogP contribution in [0.1, 0.15) is 26.3 Å². The quantitative estimate of drug-likeness (QED) is 0.852. The standard InChI is InChI=1S/C14H22N2O3/c1-14(2,3)19-13(18)16-9-12(10-17)7-11-5-4-6-15-8-11/h4-6,8,12,17H,7,9-10H2,1-3H3,(H,16,18). The number of hydrogen-bond acceptors (Lipinski definition) is 4. The Hall–Kier alpha value is -1.62. The summed E-state index contributed by atoms with van der Waals surface area (Å²) in [6.45, 7) is 5.81. The highest BCUT2D eigenvalue weighted by Gasteiger charge is 2.17. The fourth-order valence-corrected chi connectivity index (χ4v) is 1.60. The van der Waals surface area contributed by atoms with E-state index in [1.54, 1.807) is 12.4 Å². The van der Waals surface area contributed by atoms with Crippen molar-refractivity contribution in [3.63, 3.8) is 0 Å². The third-order valence-corrected chi connectivity index (χ3v) is 2.44. The lowest BCUT2D eigenvalue weighted by Gasteiger charge is -2.21. The molecule has 0 spiro atoms. The van der Waals surface area contributed by atoms with E-state index < -0.39 is 11.7 Å². The molecule has 2 N–H and O–H groups in total. The Bertz CT molecular complexity index is 387. The van der Waals surface area contributed by atoms with Gasteiger partial charge in [-0.05, 0) is 38.8 Å². The summed E-state index contributed by atoms with van der Waals surface area (Å²) in [6.07, 6.45) is 3.67. The molecule has 1 aromatic rings. The van der Waals surface area contributed by atoms with Gasteiger partial charge in [-0.15, -0.1) is 0 Å². The number of aromatic nitrogens is 1. The van der Waals surface area contributed by atoms with E-state index in [1.165, 1.54) is 0 Å². The zero-order valence-corrected chi connectivity index (χ0v) is 11.7. The Morgan fingerprint density at radius 2 is 2.26 bits per heavy atom. The van der Waals surface area contributed by atoms with Crippen molar-refractivity contribution in [1.29, 1.82) is 0 Å². The minimum absolute atomic E-state index is 0.00465. The maximum atomic E-state index is 11.5. The van der Waals surface area contributed by atoms with E-state index in [0.29, 0.717) is 13.0 Å². The van der Waals surface area contributed by atoms with Crippen LogP contribution in [0.25, 0.3) is 0 Å². The van der Waals surface area contributed by atoms with Gasteiger partial charge in [-0.2, -0.15) is 0 Å². The van der Waals surface area contributed by atoms with Gasteiger partial charge in [-0.25, -0.2) is 4.79 Å². The van der Waals surface area contributed by atoms with Gasteiger partial charge in [0.25, 0.3) is 0 Å². The molecule has 19 heavy (non-hydrogen) atoms. The molecular weight excluding hydrogens is 244 g/mol. The van der Waals surface area contributed by atoms with Crippen molar-refractivity contribution >= 4 is 6.09 Å². The van der Waals surface area contributed by atoms with Crippen LogP contribution < -0.4 is 5.32 Å². The Morgan fingerprint density at radius 3 is 2.79 bits per heavy atom. The average molecular weight is 266 g/mol. The van der Waals surface area contributed by atoms with Gasteiger partial charge >= 0.3 is 6.09 Å². The predicted molar refractivity (Wildman–Crippen MR) is 72.8 cm³/mol. The molecule has 0 radical (unpaired) electrons. The summed E-state index contributed by atoms with van der Waals surface area (Å²) >= 11 is 0. The first-order valence-electron chi connectivity index (χ1n) is 6.37. The number of pyridine rings is 1. The minimum atomic E-state index is -0.512. The van der Waals surface area contributed by atoms with Crippen LogP contribution in [0.3, 0.4) is 0 Å². The lowest BCUT2D eigenvalue weighted by atomic mass is 10.0. The summed E-state index contributed by atoms with van der Waals surface area (Å²) in [4.78, 5) is 15.5. The zero-order chi connectivity index (χ0) is 14.3. The number of carbonyl (C=O) groups excluding carboxylic acids is 1. The second-order valence-corrected chi connectivity index (χ2v) is 5.50. The van der Waals surface area contributed by atoms with E-state index in [1.807, 2.05) is 32.9 Å². The molecule has 5 nitrogen and oxygen atoms in total. The van der Waals surface area contributed by atoms with Crippen LogP contribution in [0.5, 0.6) is 0 Å². The molecule has 0 aliphatic heterocycles. The smallest absolute Gasteiger partial charge is 0.407 e. The number of carbonyl (C=O) groups is 1. The van der Waals surface area contributed by atoms with Gasteiger partial charge < -0.3 is 15.2 Å². The summed E-state index contributed by atoms with van der Waals surface area (Å²) in [5.41, 5.74) is 0.523. The Labute approximate surface area is 114 Å². The molecule has 0 saturated heterocycles. The monoisotopic (exact) mass is 266 g/mol. The normalized spacial score (nSPS) is 12.8. The van der Waals surface area contributed by atoms with Crippen LogP contribution in [0, 0.1) is 5.92 Å². The predicted octanol–water partition coefficient (Wildman–Crippen LogP) is 1.76. The van der Waals surface area contributed by atoms with E-state index in [2.05, 4.69) is 10.3 Å². The summed E-state index contributed by atoms with van der Waals surface area (Å²) in [6, 6.07) is 3.80. The molecule has 106 valence electrons. The molecule has 0 saturated carbocycles. The number of amides is 1. The number of hydrogen-bond donors (Lipinski definition) is 2. The van der Waals surface area contributed by atoms with Crippen molar-refractivity contribution in [1.82, 2.24) is 10.3 Å². The summed E-state index contributed by atoms with van der Waals surface area (Å²) in [5, 5.41) is 12.0. The Morgan fingerprint density at radius 1 is 1.53 bits per heavy atom. The lowest BCUT2D eigenvalue weighted by Crippen LogP contribution is -2.36. The van der Waals surface area contributed by atoms with Crippen molar-refractivity contribution < 1.29 is 14.6 Å². The first kappa shape index (κ1) is 15.4. The number of nitrogens with zero attached hydrogens (tertiary/aromatic N) is 1. The summed E-state index contributed by atoms with van der Waals surface area (Å²) < 4.78 is 5.14. The molecule has 0 aromatic carbocycles. The van der Waals surface area contributed by atoms with Gasteiger partial charge in [0, 0.05) is 31.5 Å². The van der Waals surface area contributed by atoms with E-state index in [-0.39, 0.29) is 12.5 Å².